The van der Waals surface area contributed by atoms with Gasteiger partial charge in [0.1, 0.15) is 6.04 Å². The normalized spacial score (nSPS) is 25.6. The molecule has 0 bridgehead atoms. The molecule has 114 valence electrons. The highest BCUT2D eigenvalue weighted by molar-refractivity contribution is 5.87. The molecule has 5 heteroatoms. The Hall–Kier alpha value is -1.10. The molecule has 2 aliphatic rings. The van der Waals surface area contributed by atoms with Gasteiger partial charge < -0.3 is 14.7 Å². The van der Waals surface area contributed by atoms with Gasteiger partial charge in [-0.3, -0.25) is 9.59 Å². The Bertz CT molecular complexity index is 364. The Morgan fingerprint density at radius 2 is 1.70 bits per heavy atom. The molecule has 20 heavy (non-hydrogen) atoms. The fourth-order valence-electron chi connectivity index (χ4n) is 3.36. The molecule has 2 amide bonds. The quantitative estimate of drug-likeness (QED) is 0.756. The molecule has 1 unspecified atom stereocenters. The molecule has 0 aromatic rings. The molecule has 0 aromatic carbocycles. The van der Waals surface area contributed by atoms with Crippen LogP contribution in [0.2, 0.25) is 0 Å². The van der Waals surface area contributed by atoms with Gasteiger partial charge in [-0.15, -0.1) is 0 Å². The number of carbonyl (C=O) groups excluding carboxylic acids is 2. The second-order valence-corrected chi connectivity index (χ2v) is 6.21. The van der Waals surface area contributed by atoms with Crippen molar-refractivity contribution in [3.8, 4) is 0 Å². The van der Waals surface area contributed by atoms with Gasteiger partial charge in [-0.05, 0) is 52.2 Å². The van der Waals surface area contributed by atoms with E-state index in [0.29, 0.717) is 6.04 Å². The summed E-state index contributed by atoms with van der Waals surface area (Å²) in [7, 11) is 4.03. The molecular formula is C15H27N3O2. The Morgan fingerprint density at radius 1 is 1.05 bits per heavy atom. The predicted molar refractivity (Wildman–Crippen MR) is 78.3 cm³/mol. The maximum atomic E-state index is 12.7. The number of hydrogen-bond donors (Lipinski definition) is 0. The van der Waals surface area contributed by atoms with E-state index in [-0.39, 0.29) is 17.9 Å². The van der Waals surface area contributed by atoms with Crippen LogP contribution in [-0.2, 0) is 9.59 Å². The van der Waals surface area contributed by atoms with E-state index in [9.17, 15) is 9.59 Å². The van der Waals surface area contributed by atoms with Crippen molar-refractivity contribution >= 4 is 11.8 Å². The Kier molecular flexibility index (Phi) is 5.02. The lowest BCUT2D eigenvalue weighted by atomic mass is 9.98. The van der Waals surface area contributed by atoms with Crippen molar-refractivity contribution in [2.45, 2.75) is 51.1 Å². The van der Waals surface area contributed by atoms with Gasteiger partial charge in [0.2, 0.25) is 11.8 Å². The van der Waals surface area contributed by atoms with Crippen LogP contribution in [0.3, 0.4) is 0 Å². The molecule has 2 aliphatic heterocycles. The molecule has 0 N–H and O–H groups in total. The third-order valence-electron chi connectivity index (χ3n) is 4.78. The SMILES string of the molecule is CC(=O)N1CCCCC1C(=O)N(C)C1CCN(C)CC1. The van der Waals surface area contributed by atoms with Crippen LogP contribution in [0.5, 0.6) is 0 Å². The van der Waals surface area contributed by atoms with Gasteiger partial charge in [0.25, 0.3) is 0 Å². The zero-order chi connectivity index (χ0) is 14.7. The molecule has 0 saturated carbocycles. The molecule has 0 aromatic heterocycles. The molecule has 0 spiro atoms. The number of likely N-dealkylation sites (tertiary alicyclic amines) is 2. The topological polar surface area (TPSA) is 43.9 Å². The molecule has 2 heterocycles. The van der Waals surface area contributed by atoms with Crippen molar-refractivity contribution in [2.75, 3.05) is 33.7 Å². The van der Waals surface area contributed by atoms with Gasteiger partial charge in [-0.25, -0.2) is 0 Å². The maximum absolute atomic E-state index is 12.7. The van der Waals surface area contributed by atoms with Crippen molar-refractivity contribution in [2.24, 2.45) is 0 Å². The number of amides is 2. The lowest BCUT2D eigenvalue weighted by molar-refractivity contribution is -0.147. The summed E-state index contributed by atoms with van der Waals surface area (Å²) in [5.74, 6) is 0.161. The highest BCUT2D eigenvalue weighted by atomic mass is 16.2. The largest absolute Gasteiger partial charge is 0.341 e. The van der Waals surface area contributed by atoms with Crippen LogP contribution < -0.4 is 0 Å². The summed E-state index contributed by atoms with van der Waals surface area (Å²) in [6.45, 7) is 4.39. The summed E-state index contributed by atoms with van der Waals surface area (Å²) in [6.07, 6.45) is 4.94. The van der Waals surface area contributed by atoms with Crippen LogP contribution in [0, 0.1) is 0 Å². The summed E-state index contributed by atoms with van der Waals surface area (Å²) in [5, 5.41) is 0. The summed E-state index contributed by atoms with van der Waals surface area (Å²) in [4.78, 5) is 30.4. The zero-order valence-corrected chi connectivity index (χ0v) is 13.0. The number of hydrogen-bond acceptors (Lipinski definition) is 3. The summed E-state index contributed by atoms with van der Waals surface area (Å²) < 4.78 is 0. The van der Waals surface area contributed by atoms with Gasteiger partial charge in [-0.2, -0.15) is 0 Å². The lowest BCUT2D eigenvalue weighted by Crippen LogP contribution is -2.55. The fraction of sp³-hybridized carbons (Fsp3) is 0.867. The van der Waals surface area contributed by atoms with Gasteiger partial charge in [0, 0.05) is 26.6 Å². The highest BCUT2D eigenvalue weighted by Gasteiger charge is 2.34. The van der Waals surface area contributed by atoms with Crippen molar-refractivity contribution < 1.29 is 9.59 Å². The standard InChI is InChI=1S/C15H27N3O2/c1-12(19)18-9-5-4-6-14(18)15(20)17(3)13-7-10-16(2)11-8-13/h13-14H,4-11H2,1-3H3. The summed E-state index contributed by atoms with van der Waals surface area (Å²) >= 11 is 0. The molecule has 2 saturated heterocycles. The average Bonchev–Trinajstić information content (AvgIpc) is 2.46. The number of likely N-dealkylation sites (N-methyl/N-ethyl adjacent to an activating group) is 1. The van der Waals surface area contributed by atoms with Crippen LogP contribution >= 0.6 is 0 Å². The summed E-state index contributed by atoms with van der Waals surface area (Å²) in [6, 6.07) is 0.0975. The van der Waals surface area contributed by atoms with Gasteiger partial charge in [-0.1, -0.05) is 0 Å². The summed E-state index contributed by atoms with van der Waals surface area (Å²) in [5.41, 5.74) is 0. The van der Waals surface area contributed by atoms with E-state index in [1.165, 1.54) is 0 Å². The Labute approximate surface area is 121 Å². The molecule has 1 atom stereocenters. The highest BCUT2D eigenvalue weighted by Crippen LogP contribution is 2.22. The van der Waals surface area contributed by atoms with E-state index in [0.717, 1.165) is 51.7 Å². The fourth-order valence-corrected chi connectivity index (χ4v) is 3.36. The first-order valence-corrected chi connectivity index (χ1v) is 7.73. The van der Waals surface area contributed by atoms with Gasteiger partial charge in [0.05, 0.1) is 0 Å². The molecule has 2 rings (SSSR count). The second-order valence-electron chi connectivity index (χ2n) is 6.21. The Morgan fingerprint density at radius 3 is 2.30 bits per heavy atom. The van der Waals surface area contributed by atoms with Crippen molar-refractivity contribution in [1.29, 1.82) is 0 Å². The first-order valence-electron chi connectivity index (χ1n) is 7.73. The van der Waals surface area contributed by atoms with E-state index in [4.69, 9.17) is 0 Å². The third kappa shape index (κ3) is 3.32. The second kappa shape index (κ2) is 6.57. The maximum Gasteiger partial charge on any atom is 0.245 e. The van der Waals surface area contributed by atoms with Crippen LogP contribution in [-0.4, -0.2) is 72.3 Å². The predicted octanol–water partition coefficient (Wildman–Crippen LogP) is 0.940. The smallest absolute Gasteiger partial charge is 0.245 e. The van der Waals surface area contributed by atoms with Crippen molar-refractivity contribution in [3.05, 3.63) is 0 Å². The monoisotopic (exact) mass is 281 g/mol. The Balaban J connectivity index is 1.99. The first kappa shape index (κ1) is 15.3. The van der Waals surface area contributed by atoms with E-state index < -0.39 is 0 Å². The minimum absolute atomic E-state index is 0.0276. The average molecular weight is 281 g/mol. The number of piperidine rings is 2. The van der Waals surface area contributed by atoms with E-state index in [1.54, 1.807) is 11.8 Å². The van der Waals surface area contributed by atoms with Crippen LogP contribution in [0.4, 0.5) is 0 Å². The third-order valence-corrected chi connectivity index (χ3v) is 4.78. The molecular weight excluding hydrogens is 254 g/mol. The van der Waals surface area contributed by atoms with E-state index in [1.807, 2.05) is 11.9 Å². The minimum atomic E-state index is -0.231. The van der Waals surface area contributed by atoms with Crippen LogP contribution in [0.15, 0.2) is 0 Å². The number of nitrogens with zero attached hydrogens (tertiary/aromatic N) is 3. The number of rotatable bonds is 2. The minimum Gasteiger partial charge on any atom is -0.341 e. The van der Waals surface area contributed by atoms with Crippen LogP contribution in [0.1, 0.15) is 39.0 Å². The number of carbonyl (C=O) groups is 2. The zero-order valence-electron chi connectivity index (χ0n) is 13.0. The molecule has 0 aliphatic carbocycles. The van der Waals surface area contributed by atoms with Crippen molar-refractivity contribution in [3.63, 3.8) is 0 Å². The van der Waals surface area contributed by atoms with Gasteiger partial charge >= 0.3 is 0 Å². The van der Waals surface area contributed by atoms with Crippen LogP contribution in [0.25, 0.3) is 0 Å². The first-order chi connectivity index (χ1) is 9.50. The lowest BCUT2D eigenvalue weighted by Gasteiger charge is -2.40. The van der Waals surface area contributed by atoms with Crippen molar-refractivity contribution in [1.82, 2.24) is 14.7 Å². The van der Waals surface area contributed by atoms with E-state index >= 15 is 0 Å². The molecule has 0 radical (unpaired) electrons. The van der Waals surface area contributed by atoms with Gasteiger partial charge in [0.15, 0.2) is 0 Å². The van der Waals surface area contributed by atoms with E-state index in [2.05, 4.69) is 11.9 Å². The molecule has 2 fully saturated rings. The molecule has 5 nitrogen and oxygen atoms in total.